The Kier molecular flexibility index (Phi) is 5.82. The molecule has 22 heavy (non-hydrogen) atoms. The molecule has 8 heteroatoms. The summed E-state index contributed by atoms with van der Waals surface area (Å²) in [5.41, 5.74) is 1.94. The van der Waals surface area contributed by atoms with Gasteiger partial charge in [-0.3, -0.25) is 10.1 Å². The van der Waals surface area contributed by atoms with Gasteiger partial charge in [0.05, 0.1) is 18.1 Å². The van der Waals surface area contributed by atoms with Crippen molar-refractivity contribution in [1.29, 1.82) is 0 Å². The summed E-state index contributed by atoms with van der Waals surface area (Å²) in [4.78, 5) is 15.3. The highest BCUT2D eigenvalue weighted by molar-refractivity contribution is 5.85. The molecule has 7 nitrogen and oxygen atoms in total. The van der Waals surface area contributed by atoms with Gasteiger partial charge in [0, 0.05) is 51.0 Å². The van der Waals surface area contributed by atoms with Gasteiger partial charge in [0.2, 0.25) is 0 Å². The van der Waals surface area contributed by atoms with Crippen LogP contribution in [0.1, 0.15) is 0 Å². The zero-order valence-corrected chi connectivity index (χ0v) is 13.2. The highest BCUT2D eigenvalue weighted by Crippen LogP contribution is 2.33. The molecule has 0 unspecified atom stereocenters. The highest BCUT2D eigenvalue weighted by Gasteiger charge is 2.23. The van der Waals surface area contributed by atoms with Crippen LogP contribution in [0.2, 0.25) is 0 Å². The van der Waals surface area contributed by atoms with Gasteiger partial charge < -0.3 is 19.9 Å². The number of hydrogen-bond acceptors (Lipinski definition) is 6. The van der Waals surface area contributed by atoms with Gasteiger partial charge in [0.15, 0.2) is 0 Å². The predicted molar refractivity (Wildman–Crippen MR) is 88.5 cm³/mol. The van der Waals surface area contributed by atoms with Crippen molar-refractivity contribution in [2.24, 2.45) is 0 Å². The number of nitrogens with zero attached hydrogens (tertiary/aromatic N) is 3. The molecule has 3 rings (SSSR count). The van der Waals surface area contributed by atoms with Crippen LogP contribution in [0, 0.1) is 10.1 Å². The molecule has 0 spiro atoms. The average molecular weight is 329 g/mol. The van der Waals surface area contributed by atoms with E-state index in [1.54, 1.807) is 6.07 Å². The average Bonchev–Trinajstić information content (AvgIpc) is 2.56. The van der Waals surface area contributed by atoms with Crippen LogP contribution in [-0.2, 0) is 4.74 Å². The Bertz CT molecular complexity index is 517. The molecule has 0 bridgehead atoms. The lowest BCUT2D eigenvalue weighted by molar-refractivity contribution is -0.384. The first-order valence-electron chi connectivity index (χ1n) is 7.32. The minimum absolute atomic E-state index is 0. The van der Waals surface area contributed by atoms with Crippen LogP contribution in [0.15, 0.2) is 18.2 Å². The first-order valence-corrected chi connectivity index (χ1v) is 7.32. The van der Waals surface area contributed by atoms with Crippen molar-refractivity contribution in [1.82, 2.24) is 5.32 Å². The molecule has 0 saturated carbocycles. The second-order valence-corrected chi connectivity index (χ2v) is 5.27. The smallest absolute Gasteiger partial charge is 0.292 e. The van der Waals surface area contributed by atoms with E-state index in [2.05, 4.69) is 10.2 Å². The standard InChI is InChI=1S/C14H20N4O3.ClH/c19-18(20)13-2-1-12(16-5-3-15-4-6-16)11-14(13)17-7-9-21-10-8-17;/h1-2,11,15H,3-10H2;1H. The zero-order chi connectivity index (χ0) is 14.7. The van der Waals surface area contributed by atoms with E-state index in [1.807, 2.05) is 17.0 Å². The van der Waals surface area contributed by atoms with E-state index in [1.165, 1.54) is 0 Å². The van der Waals surface area contributed by atoms with Gasteiger partial charge in [-0.2, -0.15) is 0 Å². The maximum atomic E-state index is 11.3. The minimum atomic E-state index is -0.299. The van der Waals surface area contributed by atoms with Gasteiger partial charge in [0.25, 0.3) is 5.69 Å². The van der Waals surface area contributed by atoms with E-state index < -0.39 is 0 Å². The highest BCUT2D eigenvalue weighted by atomic mass is 35.5. The van der Waals surface area contributed by atoms with Gasteiger partial charge in [-0.1, -0.05) is 0 Å². The van der Waals surface area contributed by atoms with Gasteiger partial charge in [-0.15, -0.1) is 12.4 Å². The fourth-order valence-corrected chi connectivity index (χ4v) is 2.84. The maximum absolute atomic E-state index is 11.3. The van der Waals surface area contributed by atoms with Gasteiger partial charge >= 0.3 is 0 Å². The van der Waals surface area contributed by atoms with Crippen LogP contribution >= 0.6 is 12.4 Å². The molecule has 0 aromatic heterocycles. The molecule has 2 fully saturated rings. The molecule has 2 aliphatic heterocycles. The van der Waals surface area contributed by atoms with Crippen molar-refractivity contribution in [2.45, 2.75) is 0 Å². The molecule has 0 atom stereocenters. The van der Waals surface area contributed by atoms with Crippen molar-refractivity contribution in [2.75, 3.05) is 62.3 Å². The molecule has 1 N–H and O–H groups in total. The zero-order valence-electron chi connectivity index (χ0n) is 12.4. The molecule has 122 valence electrons. The number of hydrogen-bond donors (Lipinski definition) is 1. The molecule has 2 heterocycles. The lowest BCUT2D eigenvalue weighted by Crippen LogP contribution is -2.43. The van der Waals surface area contributed by atoms with Crippen LogP contribution in [0.4, 0.5) is 17.1 Å². The number of anilines is 2. The fourth-order valence-electron chi connectivity index (χ4n) is 2.84. The Morgan fingerprint density at radius 3 is 2.41 bits per heavy atom. The Labute approximate surface area is 135 Å². The van der Waals surface area contributed by atoms with Crippen LogP contribution in [0.3, 0.4) is 0 Å². The summed E-state index contributed by atoms with van der Waals surface area (Å²) in [7, 11) is 0. The maximum Gasteiger partial charge on any atom is 0.292 e. The number of nitrogens with one attached hydrogen (secondary N) is 1. The third kappa shape index (κ3) is 3.60. The van der Waals surface area contributed by atoms with Crippen LogP contribution in [0.25, 0.3) is 0 Å². The molecule has 0 radical (unpaired) electrons. The molecular weight excluding hydrogens is 308 g/mol. The molecule has 2 saturated heterocycles. The van der Waals surface area contributed by atoms with Crippen molar-refractivity contribution in [3.8, 4) is 0 Å². The third-order valence-electron chi connectivity index (χ3n) is 3.99. The second kappa shape index (κ2) is 7.62. The number of piperazine rings is 1. The Hall–Kier alpha value is -1.57. The Morgan fingerprint density at radius 2 is 1.77 bits per heavy atom. The molecule has 0 amide bonds. The van der Waals surface area contributed by atoms with E-state index >= 15 is 0 Å². The van der Waals surface area contributed by atoms with Gasteiger partial charge in [-0.05, 0) is 12.1 Å². The topological polar surface area (TPSA) is 70.9 Å². The predicted octanol–water partition coefficient (Wildman–Crippen LogP) is 1.26. The van der Waals surface area contributed by atoms with Crippen LogP contribution < -0.4 is 15.1 Å². The van der Waals surface area contributed by atoms with E-state index in [-0.39, 0.29) is 23.0 Å². The summed E-state index contributed by atoms with van der Waals surface area (Å²) in [6, 6.07) is 5.43. The number of rotatable bonds is 3. The summed E-state index contributed by atoms with van der Waals surface area (Å²) < 4.78 is 5.34. The summed E-state index contributed by atoms with van der Waals surface area (Å²) in [5, 5.41) is 14.6. The number of nitro benzene ring substituents is 1. The largest absolute Gasteiger partial charge is 0.378 e. The monoisotopic (exact) mass is 328 g/mol. The molecule has 0 aliphatic carbocycles. The molecule has 2 aliphatic rings. The number of benzene rings is 1. The van der Waals surface area contributed by atoms with Crippen molar-refractivity contribution in [3.63, 3.8) is 0 Å². The van der Waals surface area contributed by atoms with Crippen LogP contribution in [0.5, 0.6) is 0 Å². The number of ether oxygens (including phenoxy) is 1. The van der Waals surface area contributed by atoms with Crippen molar-refractivity contribution in [3.05, 3.63) is 28.3 Å². The minimum Gasteiger partial charge on any atom is -0.378 e. The quantitative estimate of drug-likeness (QED) is 0.665. The third-order valence-corrected chi connectivity index (χ3v) is 3.99. The van der Waals surface area contributed by atoms with E-state index in [0.717, 1.165) is 31.9 Å². The molecular formula is C14H21ClN4O3. The van der Waals surface area contributed by atoms with Crippen molar-refractivity contribution < 1.29 is 9.66 Å². The molecule has 1 aromatic carbocycles. The summed E-state index contributed by atoms with van der Waals surface area (Å²) in [5.74, 6) is 0. The fraction of sp³-hybridized carbons (Fsp3) is 0.571. The lowest BCUT2D eigenvalue weighted by Gasteiger charge is -2.32. The van der Waals surface area contributed by atoms with Gasteiger partial charge in [-0.25, -0.2) is 0 Å². The first kappa shape index (κ1) is 16.8. The summed E-state index contributed by atoms with van der Waals surface area (Å²) in [6.45, 7) is 6.40. The SMILES string of the molecule is Cl.O=[N+]([O-])c1ccc(N2CCNCC2)cc1N1CCOCC1. The Morgan fingerprint density at radius 1 is 1.09 bits per heavy atom. The lowest BCUT2D eigenvalue weighted by atomic mass is 10.2. The number of morpholine rings is 1. The van der Waals surface area contributed by atoms with E-state index in [0.29, 0.717) is 32.0 Å². The van der Waals surface area contributed by atoms with Gasteiger partial charge in [0.1, 0.15) is 5.69 Å². The summed E-state index contributed by atoms with van der Waals surface area (Å²) in [6.07, 6.45) is 0. The van der Waals surface area contributed by atoms with E-state index in [9.17, 15) is 10.1 Å². The summed E-state index contributed by atoms with van der Waals surface area (Å²) >= 11 is 0. The number of nitro groups is 1. The van der Waals surface area contributed by atoms with Crippen LogP contribution in [-0.4, -0.2) is 57.4 Å². The molecule has 1 aromatic rings. The van der Waals surface area contributed by atoms with Crippen molar-refractivity contribution >= 4 is 29.5 Å². The number of halogens is 1. The normalized spacial score (nSPS) is 18.7. The first-order chi connectivity index (χ1) is 10.3. The second-order valence-electron chi connectivity index (χ2n) is 5.27. The Balaban J connectivity index is 0.00000176. The van der Waals surface area contributed by atoms with E-state index in [4.69, 9.17) is 4.74 Å².